The Kier molecular flexibility index (Phi) is 5.38. The summed E-state index contributed by atoms with van der Waals surface area (Å²) in [5.74, 6) is 0.142. The molecule has 0 spiro atoms. The van der Waals surface area contributed by atoms with Crippen molar-refractivity contribution >= 4 is 0 Å². The Morgan fingerprint density at radius 3 is 2.79 bits per heavy atom. The maximum atomic E-state index is 9.24. The first kappa shape index (κ1) is 14.0. The highest BCUT2D eigenvalue weighted by Gasteiger charge is 2.22. The maximum Gasteiger partial charge on any atom is 0.0681 e. The van der Waals surface area contributed by atoms with Crippen LogP contribution in [0.25, 0.3) is 0 Å². The van der Waals surface area contributed by atoms with Crippen molar-refractivity contribution < 1.29 is 5.11 Å². The van der Waals surface area contributed by atoms with Crippen LogP contribution >= 0.6 is 0 Å². The van der Waals surface area contributed by atoms with Gasteiger partial charge in [-0.1, -0.05) is 43.5 Å². The molecule has 2 N–H and O–H groups in total. The van der Waals surface area contributed by atoms with E-state index in [-0.39, 0.29) is 12.5 Å². The average Bonchev–Trinajstić information content (AvgIpc) is 2.70. The zero-order valence-corrected chi connectivity index (χ0v) is 11.3. The lowest BCUT2D eigenvalue weighted by Gasteiger charge is -2.21. The molecule has 2 rings (SSSR count). The van der Waals surface area contributed by atoms with Crippen LogP contribution in [0.15, 0.2) is 24.3 Å². The molecule has 2 atom stereocenters. The molecule has 0 heterocycles. The van der Waals surface area contributed by atoms with Crippen molar-refractivity contribution in [2.45, 2.75) is 51.3 Å². The molecule has 0 bridgehead atoms. The van der Waals surface area contributed by atoms with E-state index in [0.29, 0.717) is 6.04 Å². The lowest BCUT2D eigenvalue weighted by molar-refractivity contribution is 0.281. The number of nitrogens with zero attached hydrogens (tertiary/aromatic N) is 1. The predicted molar refractivity (Wildman–Crippen MR) is 75.2 cm³/mol. The topological polar surface area (TPSA) is 56.0 Å². The molecule has 1 aliphatic rings. The number of aliphatic hydroxyl groups excluding tert-OH is 1. The maximum absolute atomic E-state index is 9.24. The van der Waals surface area contributed by atoms with Crippen LogP contribution in [0.3, 0.4) is 0 Å². The summed E-state index contributed by atoms with van der Waals surface area (Å²) in [6.45, 7) is 0.856. The molecule has 3 heteroatoms. The van der Waals surface area contributed by atoms with Gasteiger partial charge in [0.05, 0.1) is 18.6 Å². The van der Waals surface area contributed by atoms with Gasteiger partial charge in [-0.25, -0.2) is 0 Å². The fraction of sp³-hybridized carbons (Fsp3) is 0.562. The highest BCUT2D eigenvalue weighted by atomic mass is 16.3. The number of aliphatic hydroxyl groups is 1. The first-order valence-corrected chi connectivity index (χ1v) is 7.15. The Bertz CT molecular complexity index is 439. The van der Waals surface area contributed by atoms with Crippen LogP contribution in [0.1, 0.15) is 43.2 Å². The van der Waals surface area contributed by atoms with Crippen molar-refractivity contribution in [3.63, 3.8) is 0 Å². The van der Waals surface area contributed by atoms with Crippen molar-refractivity contribution in [3.05, 3.63) is 35.4 Å². The van der Waals surface area contributed by atoms with Crippen LogP contribution < -0.4 is 5.32 Å². The average molecular weight is 258 g/mol. The molecular weight excluding hydrogens is 236 g/mol. The summed E-state index contributed by atoms with van der Waals surface area (Å²) in [5.41, 5.74) is 2.12. The van der Waals surface area contributed by atoms with Gasteiger partial charge in [-0.3, -0.25) is 0 Å². The lowest BCUT2D eigenvalue weighted by Crippen LogP contribution is -2.34. The summed E-state index contributed by atoms with van der Waals surface area (Å²) in [7, 11) is 0. The van der Waals surface area contributed by atoms with E-state index in [1.165, 1.54) is 24.8 Å². The van der Waals surface area contributed by atoms with Crippen molar-refractivity contribution in [1.82, 2.24) is 5.32 Å². The van der Waals surface area contributed by atoms with E-state index in [2.05, 4.69) is 17.5 Å². The van der Waals surface area contributed by atoms with Crippen molar-refractivity contribution in [2.75, 3.05) is 0 Å². The van der Waals surface area contributed by atoms with Gasteiger partial charge in [0.1, 0.15) is 0 Å². The molecule has 0 aromatic heterocycles. The number of hydrogen-bond acceptors (Lipinski definition) is 3. The summed E-state index contributed by atoms with van der Waals surface area (Å²) in [4.78, 5) is 0. The number of nitrogens with one attached hydrogen (secondary N) is 1. The molecule has 1 aromatic rings. The second-order valence-electron chi connectivity index (χ2n) is 5.34. The minimum absolute atomic E-state index is 0.0814. The minimum Gasteiger partial charge on any atom is -0.392 e. The van der Waals surface area contributed by atoms with Crippen LogP contribution in [-0.4, -0.2) is 11.1 Å². The summed E-state index contributed by atoms with van der Waals surface area (Å²) in [5, 5.41) is 21.9. The van der Waals surface area contributed by atoms with Crippen LogP contribution in [0.4, 0.5) is 0 Å². The van der Waals surface area contributed by atoms with Crippen LogP contribution in [0, 0.1) is 17.2 Å². The first-order chi connectivity index (χ1) is 9.33. The van der Waals surface area contributed by atoms with Crippen molar-refractivity contribution in [2.24, 2.45) is 5.92 Å². The Labute approximate surface area is 115 Å². The van der Waals surface area contributed by atoms with Gasteiger partial charge in [0.25, 0.3) is 0 Å². The lowest BCUT2D eigenvalue weighted by atomic mass is 9.96. The van der Waals surface area contributed by atoms with E-state index in [1.807, 2.05) is 18.2 Å². The Hall–Kier alpha value is -1.37. The number of nitriles is 1. The zero-order chi connectivity index (χ0) is 13.5. The Balaban J connectivity index is 1.94. The summed E-state index contributed by atoms with van der Waals surface area (Å²) < 4.78 is 0. The van der Waals surface area contributed by atoms with E-state index in [0.717, 1.165) is 24.9 Å². The smallest absolute Gasteiger partial charge is 0.0681 e. The van der Waals surface area contributed by atoms with Gasteiger partial charge in [-0.2, -0.15) is 5.26 Å². The quantitative estimate of drug-likeness (QED) is 0.816. The third-order valence-corrected chi connectivity index (χ3v) is 3.92. The van der Waals surface area contributed by atoms with Crippen molar-refractivity contribution in [1.29, 1.82) is 5.26 Å². The first-order valence-electron chi connectivity index (χ1n) is 7.15. The third kappa shape index (κ3) is 4.05. The number of rotatable bonds is 4. The van der Waals surface area contributed by atoms with E-state index < -0.39 is 0 Å². The third-order valence-electron chi connectivity index (χ3n) is 3.92. The molecule has 0 radical (unpaired) electrons. The SMILES string of the molecule is N#CC1CCCCCC1NCc1cccc(CO)c1. The second-order valence-corrected chi connectivity index (χ2v) is 5.34. The normalized spacial score (nSPS) is 23.6. The van der Waals surface area contributed by atoms with Crippen molar-refractivity contribution in [3.8, 4) is 6.07 Å². The van der Waals surface area contributed by atoms with Gasteiger partial charge in [-0.05, 0) is 24.0 Å². The Morgan fingerprint density at radius 2 is 2.00 bits per heavy atom. The van der Waals surface area contributed by atoms with Crippen LogP contribution in [0.2, 0.25) is 0 Å². The molecule has 1 aliphatic carbocycles. The highest BCUT2D eigenvalue weighted by Crippen LogP contribution is 2.23. The molecule has 0 amide bonds. The van der Waals surface area contributed by atoms with E-state index in [9.17, 15) is 5.26 Å². The predicted octanol–water partition coefficient (Wildman–Crippen LogP) is 2.74. The summed E-state index contributed by atoms with van der Waals surface area (Å²) in [6.07, 6.45) is 5.75. The van der Waals surface area contributed by atoms with Gasteiger partial charge in [0.2, 0.25) is 0 Å². The molecule has 1 fully saturated rings. The van der Waals surface area contributed by atoms with Gasteiger partial charge >= 0.3 is 0 Å². The number of hydrogen-bond donors (Lipinski definition) is 2. The van der Waals surface area contributed by atoms with Gasteiger partial charge < -0.3 is 10.4 Å². The zero-order valence-electron chi connectivity index (χ0n) is 11.3. The fourth-order valence-corrected chi connectivity index (χ4v) is 2.79. The highest BCUT2D eigenvalue weighted by molar-refractivity contribution is 5.22. The number of benzene rings is 1. The molecule has 0 saturated heterocycles. The van der Waals surface area contributed by atoms with E-state index in [1.54, 1.807) is 0 Å². The molecule has 0 aliphatic heterocycles. The summed E-state index contributed by atoms with van der Waals surface area (Å²) in [6, 6.07) is 10.7. The fourth-order valence-electron chi connectivity index (χ4n) is 2.79. The molecule has 19 heavy (non-hydrogen) atoms. The summed E-state index contributed by atoms with van der Waals surface area (Å²) >= 11 is 0. The Morgan fingerprint density at radius 1 is 1.21 bits per heavy atom. The van der Waals surface area contributed by atoms with Crippen LogP contribution in [-0.2, 0) is 13.2 Å². The molecule has 3 nitrogen and oxygen atoms in total. The van der Waals surface area contributed by atoms with Gasteiger partial charge in [0, 0.05) is 12.6 Å². The largest absolute Gasteiger partial charge is 0.392 e. The van der Waals surface area contributed by atoms with Gasteiger partial charge in [-0.15, -0.1) is 0 Å². The van der Waals surface area contributed by atoms with Crippen LogP contribution in [0.5, 0.6) is 0 Å². The molecular formula is C16H22N2O. The second kappa shape index (κ2) is 7.28. The van der Waals surface area contributed by atoms with E-state index >= 15 is 0 Å². The standard InChI is InChI=1S/C16H22N2O/c17-10-15-7-2-1-3-8-16(15)18-11-13-5-4-6-14(9-13)12-19/h4-6,9,15-16,18-19H,1-3,7-8,11-12H2. The molecule has 1 aromatic carbocycles. The monoisotopic (exact) mass is 258 g/mol. The molecule has 2 unspecified atom stereocenters. The molecule has 1 saturated carbocycles. The van der Waals surface area contributed by atoms with Gasteiger partial charge in [0.15, 0.2) is 0 Å². The minimum atomic E-state index is 0.0814. The molecule has 102 valence electrons. The van der Waals surface area contributed by atoms with E-state index in [4.69, 9.17) is 5.11 Å².